The van der Waals surface area contributed by atoms with Crippen LogP contribution < -0.4 is 10.6 Å². The Morgan fingerprint density at radius 1 is 1.23 bits per heavy atom. The van der Waals surface area contributed by atoms with Gasteiger partial charge in [-0.3, -0.25) is 14.4 Å². The van der Waals surface area contributed by atoms with E-state index in [1.54, 1.807) is 16.7 Å². The van der Waals surface area contributed by atoms with Crippen LogP contribution in [0.5, 0.6) is 0 Å². The molecule has 0 aliphatic carbocycles. The van der Waals surface area contributed by atoms with Crippen molar-refractivity contribution in [3.63, 3.8) is 0 Å². The highest BCUT2D eigenvalue weighted by atomic mass is 32.2. The van der Waals surface area contributed by atoms with Crippen LogP contribution in [-0.2, 0) is 19.2 Å². The Morgan fingerprint density at radius 2 is 1.92 bits per heavy atom. The molecule has 1 heterocycles. The number of hydrogen-bond acceptors (Lipinski definition) is 5. The molecule has 0 bridgehead atoms. The lowest BCUT2D eigenvalue weighted by molar-refractivity contribution is -0.139. The van der Waals surface area contributed by atoms with Crippen LogP contribution in [0.25, 0.3) is 0 Å². The van der Waals surface area contributed by atoms with Crippen LogP contribution in [0.2, 0.25) is 0 Å². The Bertz CT molecular complexity index is 513. The molecule has 1 fully saturated rings. The van der Waals surface area contributed by atoms with Gasteiger partial charge in [0.25, 0.3) is 0 Å². The zero-order chi connectivity index (χ0) is 19.7. The van der Waals surface area contributed by atoms with E-state index in [2.05, 4.69) is 10.6 Å². The maximum absolute atomic E-state index is 12.9. The quantitative estimate of drug-likeness (QED) is 0.546. The molecule has 2 N–H and O–H groups in total. The van der Waals surface area contributed by atoms with Gasteiger partial charge in [0.15, 0.2) is 0 Å². The SMILES string of the molecule is CSCC[C@H](NC(C)=O)C(=O)N[C@@H](CC(C)C)C(=O)N1CCC[C@H]1C=O. The van der Waals surface area contributed by atoms with Gasteiger partial charge in [-0.05, 0) is 43.6 Å². The molecular formula is C18H31N3O4S. The molecule has 0 aromatic carbocycles. The minimum Gasteiger partial charge on any atom is -0.345 e. The molecule has 148 valence electrons. The molecule has 1 aliphatic heterocycles. The van der Waals surface area contributed by atoms with Gasteiger partial charge in [-0.2, -0.15) is 11.8 Å². The number of likely N-dealkylation sites (tertiary alicyclic amines) is 1. The number of nitrogens with one attached hydrogen (secondary N) is 2. The number of thioether (sulfide) groups is 1. The zero-order valence-corrected chi connectivity index (χ0v) is 16.9. The fourth-order valence-corrected chi connectivity index (χ4v) is 3.59. The number of nitrogens with zero attached hydrogens (tertiary/aromatic N) is 1. The minimum absolute atomic E-state index is 0.201. The second-order valence-corrected chi connectivity index (χ2v) is 8.09. The van der Waals surface area contributed by atoms with Crippen molar-refractivity contribution >= 4 is 35.8 Å². The summed E-state index contributed by atoms with van der Waals surface area (Å²) in [7, 11) is 0. The third kappa shape index (κ3) is 6.97. The summed E-state index contributed by atoms with van der Waals surface area (Å²) in [4.78, 5) is 49.7. The molecule has 1 saturated heterocycles. The van der Waals surface area contributed by atoms with Gasteiger partial charge in [-0.15, -0.1) is 0 Å². The van der Waals surface area contributed by atoms with Crippen molar-refractivity contribution in [2.45, 2.75) is 64.6 Å². The molecular weight excluding hydrogens is 354 g/mol. The number of carbonyl (C=O) groups excluding carboxylic acids is 4. The Hall–Kier alpha value is -1.57. The van der Waals surface area contributed by atoms with Gasteiger partial charge in [0, 0.05) is 13.5 Å². The van der Waals surface area contributed by atoms with E-state index in [9.17, 15) is 19.2 Å². The molecule has 0 aromatic heterocycles. The molecule has 3 amide bonds. The summed E-state index contributed by atoms with van der Waals surface area (Å²) in [5.41, 5.74) is 0. The third-order valence-corrected chi connectivity index (χ3v) is 5.01. The van der Waals surface area contributed by atoms with Crippen LogP contribution in [0.1, 0.15) is 46.5 Å². The molecule has 0 spiro atoms. The van der Waals surface area contributed by atoms with E-state index >= 15 is 0 Å². The highest BCUT2D eigenvalue weighted by Crippen LogP contribution is 2.19. The van der Waals surface area contributed by atoms with Crippen LogP contribution >= 0.6 is 11.8 Å². The molecule has 0 aromatic rings. The van der Waals surface area contributed by atoms with E-state index < -0.39 is 18.1 Å². The summed E-state index contributed by atoms with van der Waals surface area (Å²) in [6.07, 6.45) is 5.18. The summed E-state index contributed by atoms with van der Waals surface area (Å²) in [6.45, 7) is 5.86. The summed E-state index contributed by atoms with van der Waals surface area (Å²) in [5.74, 6) is 0.0780. The predicted octanol–water partition coefficient (Wildman–Crippen LogP) is 0.965. The highest BCUT2D eigenvalue weighted by molar-refractivity contribution is 7.98. The van der Waals surface area contributed by atoms with Crippen LogP contribution in [0.15, 0.2) is 0 Å². The topological polar surface area (TPSA) is 95.6 Å². The predicted molar refractivity (Wildman–Crippen MR) is 103 cm³/mol. The standard InChI is InChI=1S/C18H31N3O4S/c1-12(2)10-16(18(25)21-8-5-6-14(21)11-22)20-17(24)15(7-9-26-4)19-13(3)23/h11-12,14-16H,5-10H2,1-4H3,(H,19,23)(H,20,24)/t14-,15-,16-/m0/s1. The van der Waals surface area contributed by atoms with Crippen LogP contribution in [-0.4, -0.2) is 65.6 Å². The van der Waals surface area contributed by atoms with Gasteiger partial charge in [-0.1, -0.05) is 13.8 Å². The van der Waals surface area contributed by atoms with Crippen molar-refractivity contribution in [2.75, 3.05) is 18.6 Å². The number of aldehydes is 1. The van der Waals surface area contributed by atoms with E-state index in [-0.39, 0.29) is 23.6 Å². The molecule has 26 heavy (non-hydrogen) atoms. The molecule has 3 atom stereocenters. The van der Waals surface area contributed by atoms with Crippen molar-refractivity contribution in [3.05, 3.63) is 0 Å². The summed E-state index contributed by atoms with van der Waals surface area (Å²) < 4.78 is 0. The zero-order valence-electron chi connectivity index (χ0n) is 16.1. The first-order valence-electron chi connectivity index (χ1n) is 9.12. The first-order chi connectivity index (χ1) is 12.3. The Balaban J connectivity index is 2.86. The van der Waals surface area contributed by atoms with Crippen LogP contribution in [0.4, 0.5) is 0 Å². The van der Waals surface area contributed by atoms with Gasteiger partial charge >= 0.3 is 0 Å². The third-order valence-electron chi connectivity index (χ3n) is 4.37. The van der Waals surface area contributed by atoms with E-state index in [1.807, 2.05) is 20.1 Å². The molecule has 0 radical (unpaired) electrons. The molecule has 0 saturated carbocycles. The Labute approximate surface area is 160 Å². The number of rotatable bonds is 10. The number of carbonyl (C=O) groups is 4. The first-order valence-corrected chi connectivity index (χ1v) is 10.5. The van der Waals surface area contributed by atoms with Crippen molar-refractivity contribution in [1.29, 1.82) is 0 Å². The van der Waals surface area contributed by atoms with E-state index in [4.69, 9.17) is 0 Å². The molecule has 1 aliphatic rings. The van der Waals surface area contributed by atoms with Gasteiger partial charge in [-0.25, -0.2) is 0 Å². The van der Waals surface area contributed by atoms with Crippen LogP contribution in [0.3, 0.4) is 0 Å². The highest BCUT2D eigenvalue weighted by Gasteiger charge is 2.35. The van der Waals surface area contributed by atoms with Crippen molar-refractivity contribution in [3.8, 4) is 0 Å². The van der Waals surface area contributed by atoms with Gasteiger partial charge in [0.05, 0.1) is 6.04 Å². The first kappa shape index (κ1) is 22.5. The smallest absolute Gasteiger partial charge is 0.245 e. The fraction of sp³-hybridized carbons (Fsp3) is 0.778. The van der Waals surface area contributed by atoms with E-state index in [0.29, 0.717) is 25.8 Å². The molecule has 0 unspecified atom stereocenters. The number of hydrogen-bond donors (Lipinski definition) is 2. The fourth-order valence-electron chi connectivity index (χ4n) is 3.12. The minimum atomic E-state index is -0.686. The van der Waals surface area contributed by atoms with E-state index in [1.165, 1.54) is 6.92 Å². The molecule has 1 rings (SSSR count). The summed E-state index contributed by atoms with van der Waals surface area (Å²) in [6, 6.07) is -1.76. The Kier molecular flexibility index (Phi) is 9.69. The van der Waals surface area contributed by atoms with Gasteiger partial charge < -0.3 is 20.3 Å². The summed E-state index contributed by atoms with van der Waals surface area (Å²) >= 11 is 1.59. The van der Waals surface area contributed by atoms with Crippen LogP contribution in [0, 0.1) is 5.92 Å². The van der Waals surface area contributed by atoms with E-state index in [0.717, 1.165) is 18.5 Å². The number of amides is 3. The second-order valence-electron chi connectivity index (χ2n) is 7.10. The average Bonchev–Trinajstić information content (AvgIpc) is 3.05. The lowest BCUT2D eigenvalue weighted by atomic mass is 10.0. The van der Waals surface area contributed by atoms with Gasteiger partial charge in [0.2, 0.25) is 17.7 Å². The van der Waals surface area contributed by atoms with Crippen molar-refractivity contribution in [1.82, 2.24) is 15.5 Å². The van der Waals surface area contributed by atoms with Crippen molar-refractivity contribution < 1.29 is 19.2 Å². The summed E-state index contributed by atoms with van der Waals surface area (Å²) in [5, 5.41) is 5.47. The maximum atomic E-state index is 12.9. The lowest BCUT2D eigenvalue weighted by Gasteiger charge is -2.29. The maximum Gasteiger partial charge on any atom is 0.245 e. The largest absolute Gasteiger partial charge is 0.345 e. The monoisotopic (exact) mass is 385 g/mol. The van der Waals surface area contributed by atoms with Gasteiger partial charge in [0.1, 0.15) is 18.4 Å². The normalized spacial score (nSPS) is 19.1. The average molecular weight is 386 g/mol. The molecule has 7 nitrogen and oxygen atoms in total. The second kappa shape index (κ2) is 11.2. The lowest BCUT2D eigenvalue weighted by Crippen LogP contribution is -2.55. The Morgan fingerprint density at radius 3 is 2.46 bits per heavy atom. The molecule has 8 heteroatoms. The van der Waals surface area contributed by atoms with Crippen molar-refractivity contribution in [2.24, 2.45) is 5.92 Å².